The van der Waals surface area contributed by atoms with Gasteiger partial charge < -0.3 is 33.6 Å². The van der Waals surface area contributed by atoms with Gasteiger partial charge in [0.2, 0.25) is 0 Å². The minimum atomic E-state index is -1.33. The van der Waals surface area contributed by atoms with Gasteiger partial charge in [-0.15, -0.1) is 0 Å². The van der Waals surface area contributed by atoms with E-state index in [0.29, 0.717) is 5.56 Å². The lowest BCUT2D eigenvalue weighted by atomic mass is 9.33. The molecule has 5 fully saturated rings. The van der Waals surface area contributed by atoms with Crippen LogP contribution >= 0.6 is 0 Å². The van der Waals surface area contributed by atoms with E-state index in [9.17, 15) is 24.6 Å². The summed E-state index contributed by atoms with van der Waals surface area (Å²) in [6.07, 6.45) is -2.11. The number of hydrogen-bond acceptors (Lipinski definition) is 11. The van der Waals surface area contributed by atoms with Gasteiger partial charge in [0.1, 0.15) is 11.9 Å². The summed E-state index contributed by atoms with van der Waals surface area (Å²) >= 11 is 0. The Morgan fingerprint density at radius 1 is 0.952 bits per heavy atom. The van der Waals surface area contributed by atoms with Crippen molar-refractivity contribution in [3.8, 4) is 0 Å². The van der Waals surface area contributed by atoms with Gasteiger partial charge in [0.25, 0.3) is 0 Å². The normalized spacial score (nSPS) is 49.5. The predicted octanol–water partition coefficient (Wildman–Crippen LogP) is 2.17. The molecule has 0 spiro atoms. The van der Waals surface area contributed by atoms with Gasteiger partial charge >= 0.3 is 11.9 Å². The molecule has 230 valence electrons. The molecule has 42 heavy (non-hydrogen) atoms. The number of methoxy groups -OCH3 is 1. The zero-order valence-corrected chi connectivity index (χ0v) is 24.8. The van der Waals surface area contributed by atoms with Gasteiger partial charge in [0.05, 0.1) is 36.8 Å². The maximum atomic E-state index is 15.0. The Morgan fingerprint density at radius 3 is 2.24 bits per heavy atom. The maximum absolute atomic E-state index is 15.0. The number of ether oxygens (including phenoxy) is 4. The molecule has 1 aliphatic heterocycles. The number of aliphatic hydroxyl groups is 2. The number of Topliss-reactive ketones (excluding diaryl/α,β-unsaturated/α-hetero) is 2. The van der Waals surface area contributed by atoms with Crippen molar-refractivity contribution in [3.63, 3.8) is 0 Å². The summed E-state index contributed by atoms with van der Waals surface area (Å²) in [4.78, 5) is 53.9. The minimum Gasteiger partial charge on any atom is -0.472 e. The lowest BCUT2D eigenvalue weighted by molar-refractivity contribution is -0.375. The molecule has 0 unspecified atom stereocenters. The largest absolute Gasteiger partial charge is 0.472 e. The van der Waals surface area contributed by atoms with Crippen molar-refractivity contribution in [2.24, 2.45) is 39.4 Å². The van der Waals surface area contributed by atoms with Crippen LogP contribution in [0.1, 0.15) is 65.4 Å². The average molecular weight is 589 g/mol. The summed E-state index contributed by atoms with van der Waals surface area (Å²) in [6.45, 7) is 7.81. The van der Waals surface area contributed by atoms with Crippen molar-refractivity contribution >= 4 is 23.5 Å². The van der Waals surface area contributed by atoms with Crippen molar-refractivity contribution < 1.29 is 52.8 Å². The summed E-state index contributed by atoms with van der Waals surface area (Å²) < 4.78 is 28.9. The number of fused-ring (bicyclic) bond motifs is 3. The van der Waals surface area contributed by atoms with Crippen molar-refractivity contribution in [2.75, 3.05) is 13.7 Å². The molecule has 4 saturated carbocycles. The van der Waals surface area contributed by atoms with E-state index in [0.717, 1.165) is 0 Å². The Bertz CT molecular complexity index is 1310. The van der Waals surface area contributed by atoms with E-state index in [-0.39, 0.29) is 31.7 Å². The van der Waals surface area contributed by atoms with Crippen LogP contribution in [0.25, 0.3) is 0 Å². The zero-order valence-electron chi connectivity index (χ0n) is 24.8. The molecule has 0 amide bonds. The van der Waals surface area contributed by atoms with Crippen molar-refractivity contribution in [2.45, 2.75) is 90.5 Å². The molecule has 0 aromatic carbocycles. The van der Waals surface area contributed by atoms with Gasteiger partial charge in [-0.2, -0.15) is 0 Å². The second-order valence-electron chi connectivity index (χ2n) is 13.8. The van der Waals surface area contributed by atoms with Gasteiger partial charge in [-0.3, -0.25) is 19.2 Å². The first-order valence-corrected chi connectivity index (χ1v) is 14.6. The van der Waals surface area contributed by atoms with E-state index in [4.69, 9.17) is 23.4 Å². The summed E-state index contributed by atoms with van der Waals surface area (Å²) in [7, 11) is 1.48. The summed E-state index contributed by atoms with van der Waals surface area (Å²) in [6, 6.07) is 1.74. The summed E-state index contributed by atoms with van der Waals surface area (Å²) in [5.41, 5.74) is -4.13. The van der Waals surface area contributed by atoms with Gasteiger partial charge in [0.15, 0.2) is 18.2 Å². The number of esters is 2. The molecule has 11 heteroatoms. The van der Waals surface area contributed by atoms with E-state index in [1.807, 2.05) is 6.92 Å². The summed E-state index contributed by atoms with van der Waals surface area (Å²) in [5.74, 6) is -4.90. The molecule has 6 rings (SSSR count). The smallest absolute Gasteiger partial charge is 0.303 e. The molecule has 2 heterocycles. The van der Waals surface area contributed by atoms with Crippen molar-refractivity contribution in [1.29, 1.82) is 0 Å². The van der Waals surface area contributed by atoms with E-state index in [1.165, 1.54) is 33.5 Å². The molecule has 1 aromatic rings. The highest BCUT2D eigenvalue weighted by atomic mass is 16.7. The van der Waals surface area contributed by atoms with Crippen molar-refractivity contribution in [1.82, 2.24) is 0 Å². The van der Waals surface area contributed by atoms with Crippen LogP contribution in [0.4, 0.5) is 0 Å². The Morgan fingerprint density at radius 2 is 1.64 bits per heavy atom. The van der Waals surface area contributed by atoms with E-state index in [2.05, 4.69) is 0 Å². The third-order valence-corrected chi connectivity index (χ3v) is 12.1. The fourth-order valence-electron chi connectivity index (χ4n) is 10.6. The maximum Gasteiger partial charge on any atom is 0.303 e. The topological polar surface area (TPSA) is 159 Å². The molecule has 1 aromatic heterocycles. The second kappa shape index (κ2) is 9.45. The second-order valence-corrected chi connectivity index (χ2v) is 13.8. The Kier molecular flexibility index (Phi) is 6.63. The van der Waals surface area contributed by atoms with Gasteiger partial charge in [-0.05, 0) is 24.0 Å². The number of carbonyl (C=O) groups is 4. The van der Waals surface area contributed by atoms with E-state index < -0.39 is 93.8 Å². The van der Waals surface area contributed by atoms with E-state index in [1.54, 1.807) is 19.9 Å². The van der Waals surface area contributed by atoms with Gasteiger partial charge in [-0.25, -0.2) is 0 Å². The molecule has 11 nitrogen and oxygen atoms in total. The average Bonchev–Trinajstić information content (AvgIpc) is 3.53. The van der Waals surface area contributed by atoms with Crippen LogP contribution in [0.5, 0.6) is 0 Å². The quantitative estimate of drug-likeness (QED) is 0.497. The fourth-order valence-corrected chi connectivity index (χ4v) is 10.6. The van der Waals surface area contributed by atoms with Crippen LogP contribution in [0.3, 0.4) is 0 Å². The SMILES string of the molecule is CO[C@H]1OC[C@]23[C@@H](O)C[C@@H](OC(C)=O)[C@]1(C)[C@@H]2C[C@@H](O)[C@@]1(C)[C@@H]2C(=O)C[C@@H](c4ccoc4)[C@]2(C)[C@@H](OC(C)=O)C(=O)[C@@H]13. The lowest BCUT2D eigenvalue weighted by Gasteiger charge is -2.73. The zero-order chi connectivity index (χ0) is 30.6. The molecule has 0 radical (unpaired) electrons. The highest BCUT2D eigenvalue weighted by molar-refractivity contribution is 5.97. The molecular formula is C31H40O11. The molecule has 2 bridgehead atoms. The molecule has 1 saturated heterocycles. The van der Waals surface area contributed by atoms with Gasteiger partial charge in [0, 0.05) is 67.8 Å². The fraction of sp³-hybridized carbons (Fsp3) is 0.742. The van der Waals surface area contributed by atoms with Crippen LogP contribution in [-0.2, 0) is 38.1 Å². The predicted molar refractivity (Wildman–Crippen MR) is 142 cm³/mol. The first kappa shape index (κ1) is 29.5. The van der Waals surface area contributed by atoms with Crippen LogP contribution in [0.2, 0.25) is 0 Å². The number of ketones is 2. The molecule has 4 aliphatic carbocycles. The number of carbonyl (C=O) groups excluding carboxylic acids is 4. The molecule has 5 aliphatic rings. The van der Waals surface area contributed by atoms with Crippen LogP contribution in [0, 0.1) is 39.4 Å². The van der Waals surface area contributed by atoms with Crippen LogP contribution in [-0.4, -0.2) is 78.1 Å². The minimum absolute atomic E-state index is 0.0114. The van der Waals surface area contributed by atoms with Crippen LogP contribution in [0.15, 0.2) is 23.0 Å². The Labute approximate surface area is 244 Å². The number of rotatable bonds is 4. The standard InChI is InChI=1S/C31H40O11/c1-14(32)41-22-11-21(36)31-13-40-27(38-6)29(22,4)19(31)10-20(35)30(5)24-18(34)9-17(16-7-8-39-12-16)28(24,3)26(42-15(2)33)23(37)25(30)31/h7-8,12,17,19-22,24-27,35-36H,9-11,13H2,1-6H3/t17-,19-,20+,21-,22+,24+,25-,26-,27-,28-,29-,30-,31+/m0/s1. The number of hydrogen-bond donors (Lipinski definition) is 2. The first-order chi connectivity index (χ1) is 19.7. The molecule has 2 N–H and O–H groups in total. The van der Waals surface area contributed by atoms with Crippen molar-refractivity contribution in [3.05, 3.63) is 24.2 Å². The van der Waals surface area contributed by atoms with E-state index >= 15 is 4.79 Å². The Hall–Kier alpha value is -2.60. The lowest BCUT2D eigenvalue weighted by Crippen LogP contribution is -2.80. The highest BCUT2D eigenvalue weighted by Gasteiger charge is 2.82. The van der Waals surface area contributed by atoms with Crippen LogP contribution < -0.4 is 0 Å². The monoisotopic (exact) mass is 588 g/mol. The number of furan rings is 1. The molecular weight excluding hydrogens is 548 g/mol. The van der Waals surface area contributed by atoms with Gasteiger partial charge in [-0.1, -0.05) is 20.8 Å². The highest BCUT2D eigenvalue weighted by Crippen LogP contribution is 2.75. The number of aliphatic hydroxyl groups excluding tert-OH is 2. The first-order valence-electron chi connectivity index (χ1n) is 14.6. The summed E-state index contributed by atoms with van der Waals surface area (Å²) in [5, 5.41) is 24.2. The Balaban J connectivity index is 1.57. The third kappa shape index (κ3) is 3.42. The molecule has 13 atom stereocenters. The third-order valence-electron chi connectivity index (χ3n) is 12.1.